The van der Waals surface area contributed by atoms with Crippen LogP contribution in [0.25, 0.3) is 11.0 Å². The van der Waals surface area contributed by atoms with E-state index in [2.05, 4.69) is 20.9 Å². The maximum absolute atomic E-state index is 11.7. The van der Waals surface area contributed by atoms with Crippen molar-refractivity contribution in [3.8, 4) is 0 Å². The molecule has 0 radical (unpaired) electrons. The number of primary amides is 1. The number of amides is 1. The van der Waals surface area contributed by atoms with Crippen molar-refractivity contribution in [1.82, 2.24) is 14.9 Å². The average molecular weight is 286 g/mol. The van der Waals surface area contributed by atoms with Gasteiger partial charge in [-0.15, -0.1) is 0 Å². The molecule has 3 N–H and O–H groups in total. The Balaban J connectivity index is 1.62. The van der Waals surface area contributed by atoms with Gasteiger partial charge in [0.05, 0.1) is 22.9 Å². The lowest BCUT2D eigenvalue weighted by atomic mass is 9.94. The van der Waals surface area contributed by atoms with Gasteiger partial charge in [0, 0.05) is 12.6 Å². The minimum Gasteiger partial charge on any atom is -0.368 e. The molecule has 2 aromatic rings. The normalized spacial score (nSPS) is 17.8. The molecule has 1 amide bonds. The number of rotatable bonds is 7. The van der Waals surface area contributed by atoms with E-state index >= 15 is 0 Å². The van der Waals surface area contributed by atoms with Crippen LogP contribution in [0.5, 0.6) is 0 Å². The van der Waals surface area contributed by atoms with Crippen molar-refractivity contribution >= 4 is 16.9 Å². The maximum atomic E-state index is 11.7. The quantitative estimate of drug-likeness (QED) is 0.815. The Morgan fingerprint density at radius 3 is 2.95 bits per heavy atom. The highest BCUT2D eigenvalue weighted by Gasteiger charge is 2.36. The Bertz CT molecular complexity index is 647. The summed E-state index contributed by atoms with van der Waals surface area (Å²) >= 11 is 0. The molecular formula is C16H22N4O. The standard InChI is InChI=1S/C16H22N4O/c1-16(15(17)21,19-12-7-8-12)9-4-10-20-11-18-13-5-2-3-6-14(13)20/h2-3,5-6,11-12,19H,4,7-10H2,1H3,(H2,17,21). The number of nitrogens with one attached hydrogen (secondary N) is 1. The molecule has 1 fully saturated rings. The minimum absolute atomic E-state index is 0.259. The fourth-order valence-electron chi connectivity index (χ4n) is 2.74. The van der Waals surface area contributed by atoms with Crippen LogP contribution in [0.4, 0.5) is 0 Å². The summed E-state index contributed by atoms with van der Waals surface area (Å²) in [5.74, 6) is -0.259. The van der Waals surface area contributed by atoms with Crippen LogP contribution >= 0.6 is 0 Å². The molecule has 1 unspecified atom stereocenters. The number of benzene rings is 1. The molecular weight excluding hydrogens is 264 g/mol. The predicted octanol–water partition coefficient (Wildman–Crippen LogP) is 1.81. The van der Waals surface area contributed by atoms with Gasteiger partial charge in [-0.05, 0) is 44.7 Å². The SMILES string of the molecule is CC(CCCn1cnc2ccccc21)(NC1CC1)C(N)=O. The van der Waals surface area contributed by atoms with Crippen molar-refractivity contribution in [2.24, 2.45) is 5.73 Å². The van der Waals surface area contributed by atoms with Gasteiger partial charge < -0.3 is 15.6 Å². The number of hydrogen-bond acceptors (Lipinski definition) is 3. The Labute approximate surface area is 124 Å². The third-order valence-corrected chi connectivity index (χ3v) is 4.25. The van der Waals surface area contributed by atoms with Gasteiger partial charge >= 0.3 is 0 Å². The zero-order valence-electron chi connectivity index (χ0n) is 12.4. The molecule has 1 atom stereocenters. The zero-order chi connectivity index (χ0) is 14.9. The molecule has 1 aromatic carbocycles. The van der Waals surface area contributed by atoms with Crippen molar-refractivity contribution in [1.29, 1.82) is 0 Å². The molecule has 1 aliphatic rings. The number of carbonyl (C=O) groups excluding carboxylic acids is 1. The number of aromatic nitrogens is 2. The van der Waals surface area contributed by atoms with Crippen LogP contribution in [0.1, 0.15) is 32.6 Å². The number of imidazole rings is 1. The third-order valence-electron chi connectivity index (χ3n) is 4.25. The topological polar surface area (TPSA) is 72.9 Å². The van der Waals surface area contributed by atoms with Gasteiger partial charge in [0.15, 0.2) is 0 Å². The lowest BCUT2D eigenvalue weighted by Crippen LogP contribution is -2.54. The second-order valence-electron chi connectivity index (χ2n) is 6.15. The Morgan fingerprint density at radius 1 is 1.48 bits per heavy atom. The second-order valence-corrected chi connectivity index (χ2v) is 6.15. The highest BCUT2D eigenvalue weighted by molar-refractivity contribution is 5.84. The molecule has 0 aliphatic heterocycles. The molecule has 5 heteroatoms. The first-order valence-electron chi connectivity index (χ1n) is 7.56. The summed E-state index contributed by atoms with van der Waals surface area (Å²) < 4.78 is 2.13. The van der Waals surface area contributed by atoms with E-state index in [1.54, 1.807) is 0 Å². The van der Waals surface area contributed by atoms with E-state index in [9.17, 15) is 4.79 Å². The van der Waals surface area contributed by atoms with E-state index in [1.165, 1.54) is 0 Å². The Hall–Kier alpha value is -1.88. The first kappa shape index (κ1) is 14.1. The van der Waals surface area contributed by atoms with Crippen molar-refractivity contribution in [3.05, 3.63) is 30.6 Å². The molecule has 1 aromatic heterocycles. The predicted molar refractivity (Wildman–Crippen MR) is 82.7 cm³/mol. The first-order valence-corrected chi connectivity index (χ1v) is 7.56. The van der Waals surface area contributed by atoms with Crippen LogP contribution in [0.3, 0.4) is 0 Å². The van der Waals surface area contributed by atoms with Crippen molar-refractivity contribution in [2.45, 2.75) is 50.7 Å². The smallest absolute Gasteiger partial charge is 0.237 e. The lowest BCUT2D eigenvalue weighted by molar-refractivity contribution is -0.124. The van der Waals surface area contributed by atoms with Crippen LogP contribution in [0.2, 0.25) is 0 Å². The highest BCUT2D eigenvalue weighted by atomic mass is 16.1. The molecule has 0 bridgehead atoms. The second kappa shape index (κ2) is 5.48. The number of nitrogens with two attached hydrogens (primary N) is 1. The van der Waals surface area contributed by atoms with E-state index in [4.69, 9.17) is 5.73 Å². The van der Waals surface area contributed by atoms with Crippen LogP contribution in [0.15, 0.2) is 30.6 Å². The van der Waals surface area contributed by atoms with E-state index < -0.39 is 5.54 Å². The third kappa shape index (κ3) is 3.08. The largest absolute Gasteiger partial charge is 0.368 e. The summed E-state index contributed by atoms with van der Waals surface area (Å²) in [6, 6.07) is 8.55. The van der Waals surface area contributed by atoms with E-state index in [0.717, 1.165) is 43.3 Å². The van der Waals surface area contributed by atoms with Crippen LogP contribution < -0.4 is 11.1 Å². The van der Waals surface area contributed by atoms with Crippen LogP contribution in [-0.4, -0.2) is 27.0 Å². The van der Waals surface area contributed by atoms with Crippen molar-refractivity contribution in [3.63, 3.8) is 0 Å². The molecule has 1 heterocycles. The summed E-state index contributed by atoms with van der Waals surface area (Å²) in [4.78, 5) is 16.1. The zero-order valence-corrected chi connectivity index (χ0v) is 12.4. The first-order chi connectivity index (χ1) is 10.1. The number of nitrogens with zero attached hydrogens (tertiary/aromatic N) is 2. The number of aryl methyl sites for hydroxylation is 1. The van der Waals surface area contributed by atoms with Gasteiger partial charge in [0.1, 0.15) is 0 Å². The fourth-order valence-corrected chi connectivity index (χ4v) is 2.74. The van der Waals surface area contributed by atoms with Gasteiger partial charge in [0.2, 0.25) is 5.91 Å². The molecule has 3 rings (SSSR count). The monoisotopic (exact) mass is 286 g/mol. The van der Waals surface area contributed by atoms with Crippen molar-refractivity contribution < 1.29 is 4.79 Å². The highest BCUT2D eigenvalue weighted by Crippen LogP contribution is 2.25. The molecule has 5 nitrogen and oxygen atoms in total. The van der Waals surface area contributed by atoms with Gasteiger partial charge in [-0.3, -0.25) is 4.79 Å². The van der Waals surface area contributed by atoms with E-state index in [1.807, 2.05) is 31.5 Å². The summed E-state index contributed by atoms with van der Waals surface area (Å²) in [6.07, 6.45) is 5.79. The molecule has 0 spiro atoms. The van der Waals surface area contributed by atoms with Gasteiger partial charge in [-0.1, -0.05) is 12.1 Å². The van der Waals surface area contributed by atoms with Gasteiger partial charge in [0.25, 0.3) is 0 Å². The molecule has 21 heavy (non-hydrogen) atoms. The molecule has 1 saturated carbocycles. The fraction of sp³-hybridized carbons (Fsp3) is 0.500. The molecule has 1 aliphatic carbocycles. The number of carbonyl (C=O) groups is 1. The summed E-state index contributed by atoms with van der Waals surface area (Å²) in [7, 11) is 0. The number of hydrogen-bond donors (Lipinski definition) is 2. The van der Waals surface area contributed by atoms with Crippen LogP contribution in [-0.2, 0) is 11.3 Å². The Kier molecular flexibility index (Phi) is 3.68. The van der Waals surface area contributed by atoms with E-state index in [-0.39, 0.29) is 5.91 Å². The van der Waals surface area contributed by atoms with Gasteiger partial charge in [-0.25, -0.2) is 4.98 Å². The van der Waals surface area contributed by atoms with Crippen molar-refractivity contribution in [2.75, 3.05) is 0 Å². The maximum Gasteiger partial charge on any atom is 0.237 e. The summed E-state index contributed by atoms with van der Waals surface area (Å²) in [5, 5.41) is 3.38. The Morgan fingerprint density at radius 2 is 2.24 bits per heavy atom. The molecule has 0 saturated heterocycles. The molecule has 112 valence electrons. The number of fused-ring (bicyclic) bond motifs is 1. The lowest BCUT2D eigenvalue weighted by Gasteiger charge is -2.27. The number of para-hydroxylation sites is 2. The van der Waals surface area contributed by atoms with E-state index in [0.29, 0.717) is 6.04 Å². The van der Waals surface area contributed by atoms with Crippen LogP contribution in [0, 0.1) is 0 Å². The summed E-state index contributed by atoms with van der Waals surface area (Å²) in [5.41, 5.74) is 7.12. The minimum atomic E-state index is -0.600. The summed E-state index contributed by atoms with van der Waals surface area (Å²) in [6.45, 7) is 2.76. The average Bonchev–Trinajstić information content (AvgIpc) is 3.17. The van der Waals surface area contributed by atoms with Gasteiger partial charge in [-0.2, -0.15) is 0 Å².